The molecule has 536 valence electrons. The van der Waals surface area contributed by atoms with Crippen LogP contribution in [-0.4, -0.2) is 96.7 Å². The van der Waals surface area contributed by atoms with E-state index in [1.807, 2.05) is 0 Å². The zero-order valence-electron chi connectivity index (χ0n) is 58.6. The van der Waals surface area contributed by atoms with E-state index >= 15 is 0 Å². The molecule has 0 aromatic rings. The number of phosphoric ester groups is 2. The van der Waals surface area contributed by atoms with E-state index in [1.165, 1.54) is 135 Å². The van der Waals surface area contributed by atoms with Crippen LogP contribution in [0.3, 0.4) is 0 Å². The summed E-state index contributed by atoms with van der Waals surface area (Å²) < 4.78 is 68.3. The molecule has 19 heteroatoms. The van der Waals surface area contributed by atoms with Gasteiger partial charge in [-0.1, -0.05) is 291 Å². The van der Waals surface area contributed by atoms with Gasteiger partial charge in [-0.05, 0) is 63.2 Å². The van der Waals surface area contributed by atoms with Crippen molar-refractivity contribution in [2.75, 3.05) is 39.6 Å². The SMILES string of the molecule is CCCCCC/C=C\C=C/CCCCCCCC(=O)OC[C@H](COP(=O)(O)OC[C@@H](O)COP(=O)(O)OC[C@@H](COC(=O)CCCCCCCCCC(C)C)OC(=O)CCCCCCCCCC(C)C)OC(=O)CCCCCCCCCCCCCCCCCC. The lowest BCUT2D eigenvalue weighted by molar-refractivity contribution is -0.161. The molecule has 91 heavy (non-hydrogen) atoms. The largest absolute Gasteiger partial charge is 0.472 e. The third kappa shape index (κ3) is 66.0. The van der Waals surface area contributed by atoms with Gasteiger partial charge in [-0.15, -0.1) is 0 Å². The van der Waals surface area contributed by atoms with Crippen LogP contribution in [0.4, 0.5) is 0 Å². The Hall–Kier alpha value is -2.46. The second-order valence-electron chi connectivity index (χ2n) is 26.2. The van der Waals surface area contributed by atoms with Gasteiger partial charge < -0.3 is 33.8 Å². The first-order valence-electron chi connectivity index (χ1n) is 36.8. The van der Waals surface area contributed by atoms with Crippen LogP contribution in [0.5, 0.6) is 0 Å². The number of carbonyl (C=O) groups is 4. The fourth-order valence-corrected chi connectivity index (χ4v) is 12.0. The van der Waals surface area contributed by atoms with Crippen LogP contribution in [0.25, 0.3) is 0 Å². The van der Waals surface area contributed by atoms with E-state index in [0.29, 0.717) is 37.5 Å². The van der Waals surface area contributed by atoms with E-state index in [1.54, 1.807) is 0 Å². The molecule has 0 aliphatic rings. The van der Waals surface area contributed by atoms with Crippen LogP contribution in [0.1, 0.15) is 343 Å². The quantitative estimate of drug-likeness (QED) is 0.0169. The number of hydrogen-bond acceptors (Lipinski definition) is 15. The molecule has 0 saturated carbocycles. The molecule has 3 N–H and O–H groups in total. The topological polar surface area (TPSA) is 237 Å². The van der Waals surface area contributed by atoms with Gasteiger partial charge in [0, 0.05) is 25.7 Å². The van der Waals surface area contributed by atoms with E-state index in [-0.39, 0.29) is 25.7 Å². The molecule has 0 fully saturated rings. The number of unbranched alkanes of at least 4 members (excludes halogenated alkanes) is 36. The Kier molecular flexibility index (Phi) is 61.9. The van der Waals surface area contributed by atoms with Gasteiger partial charge in [0.2, 0.25) is 0 Å². The predicted octanol–water partition coefficient (Wildman–Crippen LogP) is 20.3. The van der Waals surface area contributed by atoms with Crippen molar-refractivity contribution in [1.82, 2.24) is 0 Å². The molecule has 0 aliphatic carbocycles. The van der Waals surface area contributed by atoms with Crippen LogP contribution in [0.2, 0.25) is 0 Å². The minimum absolute atomic E-state index is 0.100. The van der Waals surface area contributed by atoms with E-state index in [9.17, 15) is 43.2 Å². The summed E-state index contributed by atoms with van der Waals surface area (Å²) in [5, 5.41) is 10.6. The number of allylic oxidation sites excluding steroid dienone is 4. The summed E-state index contributed by atoms with van der Waals surface area (Å²) in [5.41, 5.74) is 0. The lowest BCUT2D eigenvalue weighted by atomic mass is 10.0. The molecule has 0 spiro atoms. The molecular formula is C72H136O17P2. The predicted molar refractivity (Wildman–Crippen MR) is 367 cm³/mol. The van der Waals surface area contributed by atoms with Crippen LogP contribution in [0, 0.1) is 11.8 Å². The minimum atomic E-state index is -4.96. The van der Waals surface area contributed by atoms with E-state index < -0.39 is 97.5 Å². The summed E-state index contributed by atoms with van der Waals surface area (Å²) in [6.45, 7) is 9.37. The van der Waals surface area contributed by atoms with Crippen molar-refractivity contribution in [1.29, 1.82) is 0 Å². The third-order valence-corrected chi connectivity index (χ3v) is 18.0. The summed E-state index contributed by atoms with van der Waals surface area (Å²) in [5.74, 6) is -0.757. The van der Waals surface area contributed by atoms with Crippen molar-refractivity contribution < 1.29 is 80.2 Å². The van der Waals surface area contributed by atoms with Crippen LogP contribution < -0.4 is 0 Å². The third-order valence-electron chi connectivity index (χ3n) is 16.1. The molecule has 0 heterocycles. The van der Waals surface area contributed by atoms with Crippen molar-refractivity contribution in [3.05, 3.63) is 24.3 Å². The maximum Gasteiger partial charge on any atom is 0.472 e. The Labute approximate surface area is 554 Å². The van der Waals surface area contributed by atoms with Crippen LogP contribution in [0.15, 0.2) is 24.3 Å². The number of carbonyl (C=O) groups excluding carboxylic acids is 4. The van der Waals surface area contributed by atoms with Gasteiger partial charge in [0.15, 0.2) is 12.2 Å². The van der Waals surface area contributed by atoms with Gasteiger partial charge >= 0.3 is 39.5 Å². The molecule has 0 saturated heterocycles. The summed E-state index contributed by atoms with van der Waals surface area (Å²) in [6, 6.07) is 0. The molecule has 17 nitrogen and oxygen atoms in total. The Morgan fingerprint density at radius 1 is 0.341 bits per heavy atom. The molecule has 0 bridgehead atoms. The molecule has 2 unspecified atom stereocenters. The van der Waals surface area contributed by atoms with Crippen molar-refractivity contribution >= 4 is 39.5 Å². The summed E-state index contributed by atoms with van der Waals surface area (Å²) >= 11 is 0. The maximum absolute atomic E-state index is 13.0. The fourth-order valence-electron chi connectivity index (χ4n) is 10.4. The van der Waals surface area contributed by atoms with Crippen molar-refractivity contribution in [2.45, 2.75) is 362 Å². The van der Waals surface area contributed by atoms with Gasteiger partial charge in [-0.25, -0.2) is 9.13 Å². The number of rotatable bonds is 69. The lowest BCUT2D eigenvalue weighted by Gasteiger charge is -2.21. The number of aliphatic hydroxyl groups is 1. The molecular weight excluding hydrogens is 1200 g/mol. The highest BCUT2D eigenvalue weighted by Gasteiger charge is 2.30. The normalized spacial score (nSPS) is 14.3. The van der Waals surface area contributed by atoms with Gasteiger partial charge in [0.25, 0.3) is 0 Å². The van der Waals surface area contributed by atoms with Gasteiger partial charge in [0.1, 0.15) is 19.3 Å². The first-order chi connectivity index (χ1) is 43.9. The smallest absolute Gasteiger partial charge is 0.462 e. The average Bonchev–Trinajstić information content (AvgIpc) is 3.39. The maximum atomic E-state index is 13.0. The summed E-state index contributed by atoms with van der Waals surface area (Å²) in [7, 11) is -9.91. The number of phosphoric acid groups is 2. The Morgan fingerprint density at radius 2 is 0.593 bits per heavy atom. The molecule has 5 atom stereocenters. The van der Waals surface area contributed by atoms with Crippen molar-refractivity contribution in [3.8, 4) is 0 Å². The van der Waals surface area contributed by atoms with E-state index in [4.69, 9.17) is 37.0 Å². The highest BCUT2D eigenvalue weighted by molar-refractivity contribution is 7.47. The number of ether oxygens (including phenoxy) is 4. The Morgan fingerprint density at radius 3 is 0.901 bits per heavy atom. The standard InChI is InChI=1S/C72H136O17P2/c1-7-9-11-13-15-17-19-21-23-25-27-29-31-37-44-50-56-71(76)88-67(60-82-69(74)54-48-42-36-30-28-26-24-22-20-18-16-14-12-10-8-2)62-86-90(78,79)84-58-66(73)59-85-91(80,81)87-63-68(89-72(77)57-51-45-39-33-35-41-47-53-65(5)6)61-83-70(75)55-49-43-38-32-34-40-46-52-64(3)4/h18,20,22,24,64-68,73H,7-17,19,21,23,25-63H2,1-6H3,(H,78,79)(H,80,81)/b20-18-,24-22-/t66-,67-,68-/m1/s1. The monoisotopic (exact) mass is 1330 g/mol. The van der Waals surface area contributed by atoms with Crippen molar-refractivity contribution in [2.24, 2.45) is 11.8 Å². The number of esters is 4. The average molecular weight is 1340 g/mol. The second-order valence-corrected chi connectivity index (χ2v) is 29.2. The van der Waals surface area contributed by atoms with Crippen molar-refractivity contribution in [3.63, 3.8) is 0 Å². The molecule has 0 amide bonds. The fraction of sp³-hybridized carbons (Fsp3) is 0.889. The highest BCUT2D eigenvalue weighted by atomic mass is 31.2. The Bertz CT molecular complexity index is 1860. The van der Waals surface area contributed by atoms with E-state index in [0.717, 1.165) is 116 Å². The van der Waals surface area contributed by atoms with Gasteiger partial charge in [-0.3, -0.25) is 37.3 Å². The Balaban J connectivity index is 5.27. The van der Waals surface area contributed by atoms with E-state index in [2.05, 4.69) is 65.8 Å². The molecule has 0 rings (SSSR count). The molecule has 0 aromatic carbocycles. The van der Waals surface area contributed by atoms with Crippen LogP contribution in [-0.2, 0) is 65.4 Å². The number of hydrogen-bond donors (Lipinski definition) is 3. The first kappa shape index (κ1) is 88.5. The van der Waals surface area contributed by atoms with Crippen LogP contribution >= 0.6 is 15.6 Å². The minimum Gasteiger partial charge on any atom is -0.462 e. The summed E-state index contributed by atoms with van der Waals surface area (Å²) in [4.78, 5) is 72.5. The zero-order valence-corrected chi connectivity index (χ0v) is 60.4. The zero-order chi connectivity index (χ0) is 67.2. The van der Waals surface area contributed by atoms with Gasteiger partial charge in [0.05, 0.1) is 26.4 Å². The molecule has 0 aromatic heterocycles. The molecule has 0 radical (unpaired) electrons. The lowest BCUT2D eigenvalue weighted by Crippen LogP contribution is -2.30. The second kappa shape index (κ2) is 63.6. The van der Waals surface area contributed by atoms with Gasteiger partial charge in [-0.2, -0.15) is 0 Å². The first-order valence-corrected chi connectivity index (χ1v) is 39.8. The highest BCUT2D eigenvalue weighted by Crippen LogP contribution is 2.45. The molecule has 0 aliphatic heterocycles. The number of aliphatic hydroxyl groups excluding tert-OH is 1. The summed E-state index contributed by atoms with van der Waals surface area (Å²) in [6.07, 6.45) is 52.3.